The van der Waals surface area contributed by atoms with Crippen molar-refractivity contribution in [3.05, 3.63) is 35.5 Å². The first-order valence-electron chi connectivity index (χ1n) is 7.57. The fraction of sp³-hybridized carbons (Fsp3) is 0.278. The summed E-state index contributed by atoms with van der Waals surface area (Å²) < 4.78 is 5.07. The Bertz CT molecular complexity index is 809. The van der Waals surface area contributed by atoms with Crippen LogP contribution in [0.15, 0.2) is 24.4 Å². The van der Waals surface area contributed by atoms with Gasteiger partial charge in [0.1, 0.15) is 5.56 Å². The van der Waals surface area contributed by atoms with Crippen LogP contribution in [0.1, 0.15) is 22.8 Å². The fourth-order valence-electron chi connectivity index (χ4n) is 2.24. The molecule has 0 radical (unpaired) electrons. The highest BCUT2D eigenvalue weighted by molar-refractivity contribution is 6.05. The number of terminal acetylenes is 1. The Labute approximate surface area is 140 Å². The molecule has 1 aromatic carbocycles. The summed E-state index contributed by atoms with van der Waals surface area (Å²) in [4.78, 5) is 28.3. The molecule has 0 spiro atoms. The van der Waals surface area contributed by atoms with Crippen LogP contribution in [0.3, 0.4) is 0 Å². The van der Waals surface area contributed by atoms with E-state index in [9.17, 15) is 9.59 Å². The monoisotopic (exact) mass is 325 g/mol. The lowest BCUT2D eigenvalue weighted by Gasteiger charge is -2.14. The van der Waals surface area contributed by atoms with Crippen molar-refractivity contribution in [2.75, 3.05) is 25.0 Å². The van der Waals surface area contributed by atoms with Crippen molar-refractivity contribution in [2.45, 2.75) is 13.8 Å². The number of carbonyl (C=O) groups excluding carboxylic acids is 2. The number of nitrogens with one attached hydrogen (secondary N) is 2. The zero-order valence-corrected chi connectivity index (χ0v) is 13.7. The molecule has 6 heteroatoms. The second kappa shape index (κ2) is 7.97. The average Bonchev–Trinajstić information content (AvgIpc) is 2.57. The third-order valence-electron chi connectivity index (χ3n) is 3.33. The van der Waals surface area contributed by atoms with Crippen molar-refractivity contribution in [3.63, 3.8) is 0 Å². The molecule has 0 saturated carbocycles. The topological polar surface area (TPSA) is 80.3 Å². The van der Waals surface area contributed by atoms with E-state index < -0.39 is 5.97 Å². The van der Waals surface area contributed by atoms with E-state index in [0.29, 0.717) is 11.3 Å². The van der Waals surface area contributed by atoms with E-state index >= 15 is 0 Å². The molecule has 24 heavy (non-hydrogen) atoms. The minimum atomic E-state index is -0.486. The maximum absolute atomic E-state index is 12.2. The van der Waals surface area contributed by atoms with Crippen LogP contribution in [-0.4, -0.2) is 36.6 Å². The van der Waals surface area contributed by atoms with E-state index in [1.54, 1.807) is 6.92 Å². The van der Waals surface area contributed by atoms with E-state index in [-0.39, 0.29) is 25.6 Å². The Morgan fingerprint density at radius 1 is 1.38 bits per heavy atom. The number of aryl methyl sites for hydroxylation is 1. The molecular weight excluding hydrogens is 306 g/mol. The van der Waals surface area contributed by atoms with Crippen LogP contribution >= 0.6 is 0 Å². The minimum Gasteiger partial charge on any atom is -0.462 e. The van der Waals surface area contributed by atoms with Crippen LogP contribution in [0.4, 0.5) is 5.69 Å². The zero-order valence-electron chi connectivity index (χ0n) is 13.7. The second-order valence-electron chi connectivity index (χ2n) is 5.12. The van der Waals surface area contributed by atoms with Crippen molar-refractivity contribution in [1.82, 2.24) is 10.3 Å². The third kappa shape index (κ3) is 4.02. The molecule has 0 bridgehead atoms. The molecule has 2 N–H and O–H groups in total. The lowest BCUT2D eigenvalue weighted by atomic mass is 10.1. The highest BCUT2D eigenvalue weighted by Gasteiger charge is 2.17. The normalized spacial score (nSPS) is 10.0. The van der Waals surface area contributed by atoms with E-state index in [1.165, 1.54) is 6.20 Å². The summed E-state index contributed by atoms with van der Waals surface area (Å²) in [6.07, 6.45) is 6.57. The van der Waals surface area contributed by atoms with Crippen LogP contribution in [0.25, 0.3) is 10.9 Å². The number of hydrogen-bond donors (Lipinski definition) is 2. The fourth-order valence-corrected chi connectivity index (χ4v) is 2.24. The van der Waals surface area contributed by atoms with E-state index in [4.69, 9.17) is 11.2 Å². The van der Waals surface area contributed by atoms with Gasteiger partial charge in [0.25, 0.3) is 0 Å². The van der Waals surface area contributed by atoms with Crippen molar-refractivity contribution in [2.24, 2.45) is 0 Å². The summed E-state index contributed by atoms with van der Waals surface area (Å²) in [7, 11) is 0. The van der Waals surface area contributed by atoms with Gasteiger partial charge in [-0.3, -0.25) is 9.78 Å². The summed E-state index contributed by atoms with van der Waals surface area (Å²) in [6, 6.07) is 5.71. The lowest BCUT2D eigenvalue weighted by Crippen LogP contribution is -2.30. The quantitative estimate of drug-likeness (QED) is 0.626. The molecule has 0 saturated heterocycles. The smallest absolute Gasteiger partial charge is 0.341 e. The van der Waals surface area contributed by atoms with Crippen molar-refractivity contribution < 1.29 is 14.3 Å². The van der Waals surface area contributed by atoms with Gasteiger partial charge in [-0.2, -0.15) is 0 Å². The number of nitrogens with zero attached hydrogens (tertiary/aromatic N) is 1. The molecule has 6 nitrogen and oxygen atoms in total. The van der Waals surface area contributed by atoms with Crippen LogP contribution in [0.2, 0.25) is 0 Å². The number of ether oxygens (including phenoxy) is 1. The van der Waals surface area contributed by atoms with Crippen molar-refractivity contribution >= 4 is 28.5 Å². The third-order valence-corrected chi connectivity index (χ3v) is 3.33. The number of amides is 1. The number of aromatic nitrogens is 1. The Kier molecular flexibility index (Phi) is 5.74. The van der Waals surface area contributed by atoms with Gasteiger partial charge in [-0.05, 0) is 26.0 Å². The largest absolute Gasteiger partial charge is 0.462 e. The van der Waals surface area contributed by atoms with Gasteiger partial charge in [-0.25, -0.2) is 4.79 Å². The molecule has 1 aromatic heterocycles. The van der Waals surface area contributed by atoms with Gasteiger partial charge in [0.05, 0.1) is 30.9 Å². The Morgan fingerprint density at radius 2 is 2.17 bits per heavy atom. The molecule has 0 aliphatic heterocycles. The van der Waals surface area contributed by atoms with Crippen LogP contribution in [0, 0.1) is 19.3 Å². The number of hydrogen-bond acceptors (Lipinski definition) is 5. The Hall–Kier alpha value is -3.07. The van der Waals surface area contributed by atoms with Gasteiger partial charge in [-0.1, -0.05) is 17.6 Å². The number of anilines is 1. The summed E-state index contributed by atoms with van der Waals surface area (Å²) in [5.41, 5.74) is 2.56. The van der Waals surface area contributed by atoms with Crippen LogP contribution < -0.4 is 10.6 Å². The standard InChI is InChI=1S/C18H19N3O3/c1-4-8-19-16(22)11-21-17-13-9-12(3)6-7-15(13)20-10-14(17)18(23)24-5-2/h1,6-7,9-10H,5,8,11H2,2-3H3,(H,19,22)(H,20,21). The zero-order chi connectivity index (χ0) is 17.5. The van der Waals surface area contributed by atoms with Crippen molar-refractivity contribution in [1.29, 1.82) is 0 Å². The highest BCUT2D eigenvalue weighted by Crippen LogP contribution is 2.27. The van der Waals surface area contributed by atoms with Crippen LogP contribution in [0.5, 0.6) is 0 Å². The van der Waals surface area contributed by atoms with Gasteiger partial charge < -0.3 is 15.4 Å². The molecule has 124 valence electrons. The highest BCUT2D eigenvalue weighted by atomic mass is 16.5. The molecule has 0 aliphatic rings. The van der Waals surface area contributed by atoms with E-state index in [0.717, 1.165) is 16.5 Å². The molecule has 0 unspecified atom stereocenters. The summed E-state index contributed by atoms with van der Waals surface area (Å²) in [6.45, 7) is 4.08. The Morgan fingerprint density at radius 3 is 2.88 bits per heavy atom. The van der Waals surface area contributed by atoms with Gasteiger partial charge in [0.15, 0.2) is 0 Å². The SMILES string of the molecule is C#CCNC(=O)CNc1c(C(=O)OCC)cnc2ccc(C)cc12. The first-order valence-corrected chi connectivity index (χ1v) is 7.57. The molecule has 1 heterocycles. The molecule has 0 fully saturated rings. The lowest BCUT2D eigenvalue weighted by molar-refractivity contribution is -0.119. The molecule has 0 aliphatic carbocycles. The van der Waals surface area contributed by atoms with Gasteiger partial charge >= 0.3 is 5.97 Å². The molecule has 1 amide bonds. The number of rotatable bonds is 6. The predicted molar refractivity (Wildman–Crippen MR) is 92.8 cm³/mol. The van der Waals surface area contributed by atoms with E-state index in [2.05, 4.69) is 21.5 Å². The first kappa shape index (κ1) is 17.3. The number of fused-ring (bicyclic) bond motifs is 1. The Balaban J connectivity index is 2.40. The average molecular weight is 325 g/mol. The minimum absolute atomic E-state index is 0.0128. The van der Waals surface area contributed by atoms with E-state index in [1.807, 2.05) is 25.1 Å². The summed E-state index contributed by atoms with van der Waals surface area (Å²) >= 11 is 0. The number of carbonyl (C=O) groups is 2. The number of esters is 1. The summed E-state index contributed by atoms with van der Waals surface area (Å²) in [5.74, 6) is 1.59. The second-order valence-corrected chi connectivity index (χ2v) is 5.12. The van der Waals surface area contributed by atoms with Gasteiger partial charge in [0.2, 0.25) is 5.91 Å². The van der Waals surface area contributed by atoms with Gasteiger partial charge in [-0.15, -0.1) is 6.42 Å². The van der Waals surface area contributed by atoms with Crippen LogP contribution in [-0.2, 0) is 9.53 Å². The molecule has 0 atom stereocenters. The predicted octanol–water partition coefficient (Wildman–Crippen LogP) is 1.88. The molecule has 2 aromatic rings. The maximum atomic E-state index is 12.2. The molecule has 2 rings (SSSR count). The molecular formula is C18H19N3O3. The van der Waals surface area contributed by atoms with Crippen molar-refractivity contribution in [3.8, 4) is 12.3 Å². The number of pyridine rings is 1. The maximum Gasteiger partial charge on any atom is 0.341 e. The van der Waals surface area contributed by atoms with Gasteiger partial charge in [0, 0.05) is 11.6 Å². The summed E-state index contributed by atoms with van der Waals surface area (Å²) in [5, 5.41) is 6.33. The first-order chi connectivity index (χ1) is 11.6. The number of benzene rings is 1.